The Kier molecular flexibility index (Phi) is 9.69. The van der Waals surface area contributed by atoms with Crippen LogP contribution in [0.1, 0.15) is 16.8 Å². The highest BCUT2D eigenvalue weighted by Crippen LogP contribution is 2.13. The van der Waals surface area contributed by atoms with Gasteiger partial charge in [-0.25, -0.2) is 9.97 Å². The van der Waals surface area contributed by atoms with Gasteiger partial charge in [-0.15, -0.1) is 26.3 Å². The molecule has 3 rings (SSSR count). The van der Waals surface area contributed by atoms with Crippen molar-refractivity contribution in [2.75, 3.05) is 0 Å². The standard InChI is InChI=1S/C8H9N3.C8H10.2C2H4/c1-6-7-3-4-11(2)8(7)10-5-9-6;1-7-3-5-8(2)6-4-7;2*1-2/h3-5H,1-2H3;3-6H,1-2H3;2*1-2H2. The summed E-state index contributed by atoms with van der Waals surface area (Å²) in [6.45, 7) is 18.2. The Balaban J connectivity index is 0.000000358. The lowest BCUT2D eigenvalue weighted by Gasteiger charge is -1.94. The van der Waals surface area contributed by atoms with E-state index >= 15 is 0 Å². The quantitative estimate of drug-likeness (QED) is 0.535. The van der Waals surface area contributed by atoms with Gasteiger partial charge in [0.25, 0.3) is 0 Å². The summed E-state index contributed by atoms with van der Waals surface area (Å²) < 4.78 is 1.99. The fourth-order valence-corrected chi connectivity index (χ4v) is 1.84. The van der Waals surface area contributed by atoms with Crippen molar-refractivity contribution in [3.63, 3.8) is 0 Å². The fraction of sp³-hybridized carbons (Fsp3) is 0.200. The summed E-state index contributed by atoms with van der Waals surface area (Å²) in [6, 6.07) is 10.5. The summed E-state index contributed by atoms with van der Waals surface area (Å²) in [5.74, 6) is 0. The Morgan fingerprint density at radius 3 is 1.70 bits per heavy atom. The van der Waals surface area contributed by atoms with Gasteiger partial charge in [-0.05, 0) is 26.8 Å². The Bertz CT molecular complexity index is 673. The molecular formula is C20H27N3. The molecule has 3 nitrogen and oxygen atoms in total. The second kappa shape index (κ2) is 11.0. The summed E-state index contributed by atoms with van der Waals surface area (Å²) in [5.41, 5.74) is 4.69. The maximum Gasteiger partial charge on any atom is 0.143 e. The smallest absolute Gasteiger partial charge is 0.143 e. The molecule has 0 aliphatic rings. The molecule has 3 heteroatoms. The van der Waals surface area contributed by atoms with E-state index in [1.807, 2.05) is 30.8 Å². The molecule has 0 fully saturated rings. The molecule has 0 atom stereocenters. The van der Waals surface area contributed by atoms with Gasteiger partial charge in [0, 0.05) is 18.6 Å². The fourth-order valence-electron chi connectivity index (χ4n) is 1.84. The molecule has 2 aromatic heterocycles. The molecule has 0 saturated heterocycles. The molecule has 0 spiro atoms. The highest BCUT2D eigenvalue weighted by atomic mass is 15.0. The van der Waals surface area contributed by atoms with Crippen molar-refractivity contribution in [1.82, 2.24) is 14.5 Å². The second-order valence-corrected chi connectivity index (χ2v) is 4.78. The minimum Gasteiger partial charge on any atom is -0.335 e. The molecule has 3 aromatic rings. The van der Waals surface area contributed by atoms with E-state index in [0.29, 0.717) is 0 Å². The molecule has 0 aliphatic heterocycles. The molecule has 0 radical (unpaired) electrons. The summed E-state index contributed by atoms with van der Waals surface area (Å²) in [4.78, 5) is 8.25. The number of aryl methyl sites for hydroxylation is 4. The molecular weight excluding hydrogens is 282 g/mol. The van der Waals surface area contributed by atoms with Crippen LogP contribution in [-0.2, 0) is 7.05 Å². The van der Waals surface area contributed by atoms with E-state index < -0.39 is 0 Å². The maximum absolute atomic E-state index is 4.15. The van der Waals surface area contributed by atoms with E-state index in [0.717, 1.165) is 16.7 Å². The van der Waals surface area contributed by atoms with Crippen molar-refractivity contribution in [3.05, 3.63) is 86.0 Å². The first kappa shape index (κ1) is 20.3. The summed E-state index contributed by atoms with van der Waals surface area (Å²) in [6.07, 6.45) is 3.59. The third kappa shape index (κ3) is 6.30. The minimum atomic E-state index is 0.998. The first-order chi connectivity index (χ1) is 11.1. The molecule has 0 amide bonds. The summed E-state index contributed by atoms with van der Waals surface area (Å²) >= 11 is 0. The number of hydrogen-bond donors (Lipinski definition) is 0. The molecule has 1 aromatic carbocycles. The van der Waals surface area contributed by atoms with E-state index in [4.69, 9.17) is 0 Å². The molecule has 0 aliphatic carbocycles. The SMILES string of the molecule is C=C.C=C.Cc1ccc(C)cc1.Cc1ncnc2c1ccn2C. The van der Waals surface area contributed by atoms with Gasteiger partial charge >= 0.3 is 0 Å². The van der Waals surface area contributed by atoms with Crippen molar-refractivity contribution < 1.29 is 0 Å². The zero-order valence-electron chi connectivity index (χ0n) is 14.7. The van der Waals surface area contributed by atoms with E-state index in [9.17, 15) is 0 Å². The second-order valence-electron chi connectivity index (χ2n) is 4.78. The predicted octanol–water partition coefficient (Wildman–Crippen LogP) is 5.18. The van der Waals surface area contributed by atoms with Crippen molar-refractivity contribution >= 4 is 11.0 Å². The Labute approximate surface area is 140 Å². The number of benzene rings is 1. The average Bonchev–Trinajstić information content (AvgIpc) is 2.98. The Morgan fingerprint density at radius 1 is 0.783 bits per heavy atom. The van der Waals surface area contributed by atoms with Crippen LogP contribution in [0.25, 0.3) is 11.0 Å². The molecule has 2 heterocycles. The van der Waals surface area contributed by atoms with Gasteiger partial charge in [0.2, 0.25) is 0 Å². The number of fused-ring (bicyclic) bond motifs is 1. The Morgan fingerprint density at radius 2 is 1.26 bits per heavy atom. The Hall–Kier alpha value is -2.68. The van der Waals surface area contributed by atoms with Crippen LogP contribution in [0, 0.1) is 20.8 Å². The topological polar surface area (TPSA) is 30.7 Å². The lowest BCUT2D eigenvalue weighted by atomic mass is 10.2. The number of rotatable bonds is 0. The van der Waals surface area contributed by atoms with Gasteiger partial charge in [-0.1, -0.05) is 35.4 Å². The van der Waals surface area contributed by atoms with Crippen LogP contribution >= 0.6 is 0 Å². The third-order valence-electron chi connectivity index (χ3n) is 3.08. The largest absolute Gasteiger partial charge is 0.335 e. The summed E-state index contributed by atoms with van der Waals surface area (Å²) in [5, 5.41) is 1.13. The van der Waals surface area contributed by atoms with Gasteiger partial charge < -0.3 is 4.57 Å². The zero-order valence-corrected chi connectivity index (χ0v) is 14.7. The van der Waals surface area contributed by atoms with Gasteiger partial charge in [-0.2, -0.15) is 0 Å². The van der Waals surface area contributed by atoms with Gasteiger partial charge in [0.05, 0.1) is 5.69 Å². The highest BCUT2D eigenvalue weighted by molar-refractivity contribution is 5.77. The number of hydrogen-bond acceptors (Lipinski definition) is 2. The van der Waals surface area contributed by atoms with Crippen LogP contribution < -0.4 is 0 Å². The van der Waals surface area contributed by atoms with Crippen LogP contribution in [0.3, 0.4) is 0 Å². The van der Waals surface area contributed by atoms with E-state index in [2.05, 4.69) is 74.4 Å². The normalized spacial score (nSPS) is 8.70. The van der Waals surface area contributed by atoms with Crippen LogP contribution in [0.4, 0.5) is 0 Å². The monoisotopic (exact) mass is 309 g/mol. The molecule has 23 heavy (non-hydrogen) atoms. The van der Waals surface area contributed by atoms with Crippen molar-refractivity contribution in [2.24, 2.45) is 7.05 Å². The van der Waals surface area contributed by atoms with Crippen LogP contribution in [-0.4, -0.2) is 14.5 Å². The van der Waals surface area contributed by atoms with Crippen molar-refractivity contribution in [2.45, 2.75) is 20.8 Å². The first-order valence-electron chi connectivity index (χ1n) is 7.34. The lowest BCUT2D eigenvalue weighted by Crippen LogP contribution is -1.90. The van der Waals surface area contributed by atoms with Crippen LogP contribution in [0.5, 0.6) is 0 Å². The molecule has 0 saturated carbocycles. The summed E-state index contributed by atoms with van der Waals surface area (Å²) in [7, 11) is 1.98. The van der Waals surface area contributed by atoms with Crippen molar-refractivity contribution in [1.29, 1.82) is 0 Å². The molecule has 0 bridgehead atoms. The van der Waals surface area contributed by atoms with Gasteiger partial charge in [0.15, 0.2) is 0 Å². The molecule has 0 N–H and O–H groups in total. The molecule has 122 valence electrons. The van der Waals surface area contributed by atoms with Crippen molar-refractivity contribution in [3.8, 4) is 0 Å². The predicted molar refractivity (Wildman–Crippen MR) is 102 cm³/mol. The molecule has 0 unspecified atom stereocenters. The lowest BCUT2D eigenvalue weighted by molar-refractivity contribution is 0.941. The third-order valence-corrected chi connectivity index (χ3v) is 3.08. The van der Waals surface area contributed by atoms with E-state index in [1.165, 1.54) is 11.1 Å². The number of nitrogens with zero attached hydrogens (tertiary/aromatic N) is 3. The highest BCUT2D eigenvalue weighted by Gasteiger charge is 2.00. The number of aromatic nitrogens is 3. The van der Waals surface area contributed by atoms with Crippen LogP contribution in [0.2, 0.25) is 0 Å². The van der Waals surface area contributed by atoms with Gasteiger partial charge in [0.1, 0.15) is 12.0 Å². The van der Waals surface area contributed by atoms with E-state index in [-0.39, 0.29) is 0 Å². The zero-order chi connectivity index (χ0) is 17.8. The van der Waals surface area contributed by atoms with Gasteiger partial charge in [-0.3, -0.25) is 0 Å². The first-order valence-corrected chi connectivity index (χ1v) is 7.34. The van der Waals surface area contributed by atoms with E-state index in [1.54, 1.807) is 6.33 Å². The average molecular weight is 309 g/mol. The van der Waals surface area contributed by atoms with Crippen LogP contribution in [0.15, 0.2) is 69.2 Å². The minimum absolute atomic E-state index is 0.998. The maximum atomic E-state index is 4.15.